The number of nitrogens with one attached hydrogen (secondary N) is 1. The number of nitrogens with zero attached hydrogens (tertiary/aromatic N) is 3. The van der Waals surface area contributed by atoms with Crippen molar-refractivity contribution in [3.63, 3.8) is 0 Å². The first-order valence-electron chi connectivity index (χ1n) is 8.61. The average molecular weight is 332 g/mol. The van der Waals surface area contributed by atoms with Crippen LogP contribution in [0.5, 0.6) is 0 Å². The standard InChI is InChI=1S/C21H24N4/c1-4-25(19-7-5-6-17(3)12-19)21-13-20(23-15-24-21)22-14-18-10-8-16(2)9-11-18/h5-13,15H,4,14H2,1-3H3,(H,22,23,24). The first-order valence-corrected chi connectivity index (χ1v) is 8.61. The molecule has 0 bridgehead atoms. The number of rotatable bonds is 6. The highest BCUT2D eigenvalue weighted by molar-refractivity contribution is 5.62. The van der Waals surface area contributed by atoms with Crippen LogP contribution < -0.4 is 10.2 Å². The molecule has 0 amide bonds. The van der Waals surface area contributed by atoms with Gasteiger partial charge in [-0.05, 0) is 44.0 Å². The molecule has 2 aromatic carbocycles. The van der Waals surface area contributed by atoms with E-state index in [0.717, 1.165) is 30.4 Å². The van der Waals surface area contributed by atoms with Crippen LogP contribution in [-0.4, -0.2) is 16.5 Å². The first kappa shape index (κ1) is 17.0. The van der Waals surface area contributed by atoms with Crippen LogP contribution in [0.3, 0.4) is 0 Å². The van der Waals surface area contributed by atoms with Gasteiger partial charge in [0.2, 0.25) is 0 Å². The predicted molar refractivity (Wildman–Crippen MR) is 104 cm³/mol. The van der Waals surface area contributed by atoms with E-state index in [1.165, 1.54) is 16.7 Å². The molecule has 0 radical (unpaired) electrons. The summed E-state index contributed by atoms with van der Waals surface area (Å²) < 4.78 is 0. The van der Waals surface area contributed by atoms with E-state index < -0.39 is 0 Å². The highest BCUT2D eigenvalue weighted by atomic mass is 15.2. The minimum absolute atomic E-state index is 0.743. The molecule has 4 heteroatoms. The Bertz CT molecular complexity index is 827. The Morgan fingerprint density at radius 3 is 2.44 bits per heavy atom. The maximum Gasteiger partial charge on any atom is 0.138 e. The number of benzene rings is 2. The molecule has 0 atom stereocenters. The summed E-state index contributed by atoms with van der Waals surface area (Å²) in [7, 11) is 0. The van der Waals surface area contributed by atoms with E-state index in [2.05, 4.69) is 89.5 Å². The molecule has 3 aromatic rings. The lowest BCUT2D eigenvalue weighted by atomic mass is 10.1. The number of aromatic nitrogens is 2. The fraction of sp³-hybridized carbons (Fsp3) is 0.238. The molecular weight excluding hydrogens is 308 g/mol. The predicted octanol–water partition coefficient (Wildman–Crippen LogP) is 4.86. The minimum atomic E-state index is 0.743. The minimum Gasteiger partial charge on any atom is -0.366 e. The Balaban J connectivity index is 1.76. The van der Waals surface area contributed by atoms with Crippen LogP contribution in [0.2, 0.25) is 0 Å². The van der Waals surface area contributed by atoms with Gasteiger partial charge in [-0.2, -0.15) is 0 Å². The van der Waals surface area contributed by atoms with Crippen molar-refractivity contribution in [2.75, 3.05) is 16.8 Å². The van der Waals surface area contributed by atoms with Gasteiger partial charge in [0.25, 0.3) is 0 Å². The summed E-state index contributed by atoms with van der Waals surface area (Å²) in [4.78, 5) is 11.0. The first-order chi connectivity index (χ1) is 12.2. The second-order valence-electron chi connectivity index (χ2n) is 6.18. The second kappa shape index (κ2) is 7.79. The van der Waals surface area contributed by atoms with Crippen LogP contribution in [0, 0.1) is 13.8 Å². The lowest BCUT2D eigenvalue weighted by molar-refractivity contribution is 0.970. The van der Waals surface area contributed by atoms with Crippen molar-refractivity contribution in [1.82, 2.24) is 9.97 Å². The van der Waals surface area contributed by atoms with Gasteiger partial charge in [-0.25, -0.2) is 9.97 Å². The zero-order valence-corrected chi connectivity index (χ0v) is 15.0. The van der Waals surface area contributed by atoms with E-state index in [1.807, 2.05) is 6.07 Å². The molecule has 3 rings (SSSR count). The van der Waals surface area contributed by atoms with Gasteiger partial charge in [0, 0.05) is 24.8 Å². The third-order valence-electron chi connectivity index (χ3n) is 4.15. The summed E-state index contributed by atoms with van der Waals surface area (Å²) in [5.74, 6) is 1.73. The quantitative estimate of drug-likeness (QED) is 0.699. The van der Waals surface area contributed by atoms with Gasteiger partial charge in [-0.15, -0.1) is 0 Å². The van der Waals surface area contributed by atoms with E-state index in [9.17, 15) is 0 Å². The van der Waals surface area contributed by atoms with Crippen LogP contribution in [0.1, 0.15) is 23.6 Å². The smallest absolute Gasteiger partial charge is 0.138 e. The van der Waals surface area contributed by atoms with Crippen LogP contribution in [0.25, 0.3) is 0 Å². The molecule has 0 aliphatic rings. The molecule has 0 aliphatic carbocycles. The summed E-state index contributed by atoms with van der Waals surface area (Å²) in [6.07, 6.45) is 1.62. The van der Waals surface area contributed by atoms with Gasteiger partial charge in [-0.3, -0.25) is 0 Å². The Hall–Kier alpha value is -2.88. The SMILES string of the molecule is CCN(c1cccc(C)c1)c1cc(NCc2ccc(C)cc2)ncn1. The zero-order valence-electron chi connectivity index (χ0n) is 15.0. The fourth-order valence-electron chi connectivity index (χ4n) is 2.76. The number of aryl methyl sites for hydroxylation is 2. The monoisotopic (exact) mass is 332 g/mol. The maximum atomic E-state index is 4.46. The van der Waals surface area contributed by atoms with Crippen molar-refractivity contribution in [1.29, 1.82) is 0 Å². The maximum absolute atomic E-state index is 4.46. The lowest BCUT2D eigenvalue weighted by Crippen LogP contribution is -2.18. The number of anilines is 3. The molecule has 4 nitrogen and oxygen atoms in total. The van der Waals surface area contributed by atoms with E-state index >= 15 is 0 Å². The molecule has 0 saturated carbocycles. The van der Waals surface area contributed by atoms with E-state index in [0.29, 0.717) is 0 Å². The summed E-state index contributed by atoms with van der Waals surface area (Å²) in [5, 5.41) is 3.38. The van der Waals surface area contributed by atoms with Gasteiger partial charge >= 0.3 is 0 Å². The van der Waals surface area contributed by atoms with Crippen molar-refractivity contribution in [2.45, 2.75) is 27.3 Å². The number of hydrogen-bond donors (Lipinski definition) is 1. The van der Waals surface area contributed by atoms with Gasteiger partial charge in [0.15, 0.2) is 0 Å². The summed E-state index contributed by atoms with van der Waals surface area (Å²) >= 11 is 0. The number of hydrogen-bond acceptors (Lipinski definition) is 4. The summed E-state index contributed by atoms with van der Waals surface area (Å²) in [6, 6.07) is 19.0. The average Bonchev–Trinajstić information content (AvgIpc) is 2.62. The van der Waals surface area contributed by atoms with E-state index in [4.69, 9.17) is 0 Å². The molecule has 0 saturated heterocycles. The molecular formula is C21H24N4. The topological polar surface area (TPSA) is 41.0 Å². The van der Waals surface area contributed by atoms with Crippen LogP contribution in [-0.2, 0) is 6.54 Å². The van der Waals surface area contributed by atoms with E-state index in [1.54, 1.807) is 6.33 Å². The molecule has 0 fully saturated rings. The lowest BCUT2D eigenvalue weighted by Gasteiger charge is -2.22. The third kappa shape index (κ3) is 4.35. The third-order valence-corrected chi connectivity index (χ3v) is 4.15. The van der Waals surface area contributed by atoms with Crippen molar-refractivity contribution < 1.29 is 0 Å². The van der Waals surface area contributed by atoms with Gasteiger partial charge in [0.05, 0.1) is 0 Å². The Labute approximate surface area is 149 Å². The molecule has 1 aromatic heterocycles. The van der Waals surface area contributed by atoms with Crippen molar-refractivity contribution in [2.24, 2.45) is 0 Å². The Kier molecular flexibility index (Phi) is 5.29. The summed E-state index contributed by atoms with van der Waals surface area (Å²) in [6.45, 7) is 7.92. The Morgan fingerprint density at radius 1 is 0.920 bits per heavy atom. The highest BCUT2D eigenvalue weighted by Crippen LogP contribution is 2.25. The van der Waals surface area contributed by atoms with Gasteiger partial charge < -0.3 is 10.2 Å². The van der Waals surface area contributed by atoms with E-state index in [-0.39, 0.29) is 0 Å². The van der Waals surface area contributed by atoms with Crippen LogP contribution in [0.15, 0.2) is 60.9 Å². The van der Waals surface area contributed by atoms with Crippen molar-refractivity contribution in [3.05, 3.63) is 77.6 Å². The molecule has 0 aliphatic heterocycles. The van der Waals surface area contributed by atoms with Crippen LogP contribution in [0.4, 0.5) is 17.3 Å². The molecule has 1 N–H and O–H groups in total. The molecule has 0 spiro atoms. The molecule has 25 heavy (non-hydrogen) atoms. The van der Waals surface area contributed by atoms with Crippen molar-refractivity contribution in [3.8, 4) is 0 Å². The second-order valence-corrected chi connectivity index (χ2v) is 6.18. The fourth-order valence-corrected chi connectivity index (χ4v) is 2.76. The van der Waals surface area contributed by atoms with Gasteiger partial charge in [0.1, 0.15) is 18.0 Å². The largest absolute Gasteiger partial charge is 0.366 e. The van der Waals surface area contributed by atoms with Crippen LogP contribution >= 0.6 is 0 Å². The molecule has 128 valence electrons. The summed E-state index contributed by atoms with van der Waals surface area (Å²) in [5.41, 5.74) is 4.88. The van der Waals surface area contributed by atoms with Crippen molar-refractivity contribution >= 4 is 17.3 Å². The Morgan fingerprint density at radius 2 is 1.72 bits per heavy atom. The zero-order chi connectivity index (χ0) is 17.6. The normalized spacial score (nSPS) is 10.5. The highest BCUT2D eigenvalue weighted by Gasteiger charge is 2.10. The molecule has 0 unspecified atom stereocenters. The van der Waals surface area contributed by atoms with Gasteiger partial charge in [-0.1, -0.05) is 42.0 Å². The molecule has 1 heterocycles.